The molecular formula is C20H15F2N3O7. The Kier molecular flexibility index (Phi) is 6.14. The van der Waals surface area contributed by atoms with Crippen molar-refractivity contribution in [1.29, 1.82) is 0 Å². The molecule has 0 aliphatic carbocycles. The van der Waals surface area contributed by atoms with E-state index < -0.39 is 40.7 Å². The molecule has 1 heterocycles. The van der Waals surface area contributed by atoms with E-state index in [1.54, 1.807) is 0 Å². The van der Waals surface area contributed by atoms with Crippen molar-refractivity contribution in [3.05, 3.63) is 81.0 Å². The summed E-state index contributed by atoms with van der Waals surface area (Å²) in [5.41, 5.74) is -0.527. The summed E-state index contributed by atoms with van der Waals surface area (Å²) < 4.78 is 37.2. The van der Waals surface area contributed by atoms with Crippen LogP contribution in [0.5, 0.6) is 5.75 Å². The maximum Gasteiger partial charge on any atom is 0.424 e. The van der Waals surface area contributed by atoms with Crippen molar-refractivity contribution in [3.8, 4) is 5.75 Å². The monoisotopic (exact) mass is 447 g/mol. The second-order valence-electron chi connectivity index (χ2n) is 6.53. The van der Waals surface area contributed by atoms with E-state index in [0.717, 1.165) is 49.6 Å². The lowest BCUT2D eigenvalue weighted by molar-refractivity contribution is -0.384. The number of ether oxygens (including phenoxy) is 2. The van der Waals surface area contributed by atoms with Gasteiger partial charge in [0.1, 0.15) is 11.8 Å². The minimum atomic E-state index is -1.50. The van der Waals surface area contributed by atoms with E-state index in [9.17, 15) is 33.3 Å². The fourth-order valence-electron chi connectivity index (χ4n) is 3.09. The molecule has 2 aromatic rings. The topological polar surface area (TPSA) is 128 Å². The second-order valence-corrected chi connectivity index (χ2v) is 6.53. The normalized spacial score (nSPS) is 15.8. The second kappa shape index (κ2) is 8.79. The number of nitrogens with one attached hydrogen (secondary N) is 1. The van der Waals surface area contributed by atoms with Gasteiger partial charge in [0.2, 0.25) is 0 Å². The number of benzene rings is 2. The maximum atomic E-state index is 13.9. The minimum absolute atomic E-state index is 0.0379. The number of amides is 3. The molecule has 10 nitrogen and oxygen atoms in total. The number of nitro benzene ring substituents is 1. The number of urea groups is 1. The number of esters is 1. The van der Waals surface area contributed by atoms with Gasteiger partial charge in [0.05, 0.1) is 17.6 Å². The number of nitro groups is 1. The smallest absolute Gasteiger partial charge is 0.424 e. The number of methoxy groups -OCH3 is 1. The third-order valence-corrected chi connectivity index (χ3v) is 4.56. The van der Waals surface area contributed by atoms with E-state index in [1.165, 1.54) is 6.92 Å². The predicted octanol–water partition coefficient (Wildman–Crippen LogP) is 3.59. The molecule has 0 spiro atoms. The molecule has 0 saturated carbocycles. The van der Waals surface area contributed by atoms with Gasteiger partial charge in [-0.2, -0.15) is 0 Å². The van der Waals surface area contributed by atoms with Gasteiger partial charge in [0.25, 0.3) is 5.69 Å². The zero-order valence-electron chi connectivity index (χ0n) is 16.6. The van der Waals surface area contributed by atoms with Crippen LogP contribution in [-0.2, 0) is 9.53 Å². The third kappa shape index (κ3) is 4.24. The molecule has 12 heteroatoms. The summed E-state index contributed by atoms with van der Waals surface area (Å²) in [7, 11) is 1.07. The predicted molar refractivity (Wildman–Crippen MR) is 103 cm³/mol. The largest absolute Gasteiger partial charge is 0.466 e. The first-order valence-electron chi connectivity index (χ1n) is 8.94. The number of carbonyl (C=O) groups excluding carboxylic acids is 3. The highest BCUT2D eigenvalue weighted by Gasteiger charge is 2.43. The first-order chi connectivity index (χ1) is 15.1. The fourth-order valence-corrected chi connectivity index (χ4v) is 3.09. The summed E-state index contributed by atoms with van der Waals surface area (Å²) in [4.78, 5) is 48.5. The van der Waals surface area contributed by atoms with E-state index in [0.29, 0.717) is 4.90 Å². The van der Waals surface area contributed by atoms with Gasteiger partial charge >= 0.3 is 18.1 Å². The number of imide groups is 1. The van der Waals surface area contributed by atoms with Crippen LogP contribution in [0.15, 0.2) is 53.7 Å². The van der Waals surface area contributed by atoms with Crippen LogP contribution in [0.25, 0.3) is 0 Å². The minimum Gasteiger partial charge on any atom is -0.466 e. The van der Waals surface area contributed by atoms with Crippen LogP contribution in [0.4, 0.5) is 24.1 Å². The molecule has 2 aromatic carbocycles. The van der Waals surface area contributed by atoms with Crippen LogP contribution in [0.2, 0.25) is 0 Å². The molecule has 3 amide bonds. The lowest BCUT2D eigenvalue weighted by Crippen LogP contribution is -2.52. The number of rotatable bonds is 4. The Morgan fingerprint density at radius 3 is 2.34 bits per heavy atom. The van der Waals surface area contributed by atoms with Crippen molar-refractivity contribution >= 4 is 23.8 Å². The highest BCUT2D eigenvalue weighted by molar-refractivity contribution is 6.00. The molecule has 0 aromatic heterocycles. The summed E-state index contributed by atoms with van der Waals surface area (Å²) in [6.45, 7) is 1.37. The number of non-ortho nitro benzene ring substituents is 1. The van der Waals surface area contributed by atoms with Gasteiger partial charge in [0.15, 0.2) is 11.6 Å². The number of hydrogen-bond donors (Lipinski definition) is 1. The van der Waals surface area contributed by atoms with Gasteiger partial charge in [-0.25, -0.2) is 28.1 Å². The third-order valence-electron chi connectivity index (χ3n) is 4.56. The molecule has 0 radical (unpaired) electrons. The molecule has 1 aliphatic heterocycles. The van der Waals surface area contributed by atoms with Crippen LogP contribution >= 0.6 is 0 Å². The van der Waals surface area contributed by atoms with Crippen molar-refractivity contribution in [2.24, 2.45) is 0 Å². The fraction of sp³-hybridized carbons (Fsp3) is 0.150. The molecule has 1 N–H and O–H groups in total. The summed E-state index contributed by atoms with van der Waals surface area (Å²) in [6, 6.07) is 4.53. The molecule has 1 aliphatic rings. The Bertz CT molecular complexity index is 1150. The van der Waals surface area contributed by atoms with Crippen molar-refractivity contribution in [2.45, 2.75) is 13.0 Å². The molecule has 0 saturated heterocycles. The lowest BCUT2D eigenvalue weighted by atomic mass is 9.94. The van der Waals surface area contributed by atoms with E-state index in [2.05, 4.69) is 5.32 Å². The summed E-state index contributed by atoms with van der Waals surface area (Å²) in [5, 5.41) is 13.1. The van der Waals surface area contributed by atoms with Crippen molar-refractivity contribution < 1.29 is 37.6 Å². The quantitative estimate of drug-likeness (QED) is 0.431. The molecule has 0 bridgehead atoms. The molecule has 0 fully saturated rings. The highest BCUT2D eigenvalue weighted by atomic mass is 19.2. The van der Waals surface area contributed by atoms with Gasteiger partial charge in [-0.05, 0) is 36.8 Å². The molecular weight excluding hydrogens is 432 g/mol. The van der Waals surface area contributed by atoms with Gasteiger partial charge in [-0.15, -0.1) is 0 Å². The summed E-state index contributed by atoms with van der Waals surface area (Å²) in [5.74, 6) is -3.50. The summed E-state index contributed by atoms with van der Waals surface area (Å²) in [6.07, 6.45) is -1.28. The molecule has 1 atom stereocenters. The van der Waals surface area contributed by atoms with Gasteiger partial charge in [0, 0.05) is 17.8 Å². The Labute approximate surface area is 179 Å². The van der Waals surface area contributed by atoms with Crippen LogP contribution in [0.1, 0.15) is 18.5 Å². The first-order valence-corrected chi connectivity index (χ1v) is 8.94. The van der Waals surface area contributed by atoms with Gasteiger partial charge in [-0.3, -0.25) is 10.1 Å². The molecule has 32 heavy (non-hydrogen) atoms. The van der Waals surface area contributed by atoms with Gasteiger partial charge < -0.3 is 14.8 Å². The van der Waals surface area contributed by atoms with Gasteiger partial charge in [-0.1, -0.05) is 6.07 Å². The summed E-state index contributed by atoms with van der Waals surface area (Å²) >= 11 is 0. The average molecular weight is 447 g/mol. The van der Waals surface area contributed by atoms with E-state index in [1.807, 2.05) is 0 Å². The van der Waals surface area contributed by atoms with Crippen molar-refractivity contribution in [1.82, 2.24) is 10.2 Å². The van der Waals surface area contributed by atoms with Crippen LogP contribution in [0, 0.1) is 21.7 Å². The number of carbonyl (C=O) groups is 3. The molecule has 3 rings (SSSR count). The van der Waals surface area contributed by atoms with Crippen molar-refractivity contribution in [2.75, 3.05) is 7.11 Å². The van der Waals surface area contributed by atoms with E-state index in [4.69, 9.17) is 9.47 Å². The Morgan fingerprint density at radius 2 is 1.78 bits per heavy atom. The first kappa shape index (κ1) is 22.3. The lowest BCUT2D eigenvalue weighted by Gasteiger charge is -2.35. The number of allylic oxidation sites excluding steroid dienone is 1. The zero-order valence-corrected chi connectivity index (χ0v) is 16.6. The standard InChI is InChI=1S/C20H15F2N3O7/c1-10-16(18(26)31-2)17(11-3-8-14(21)15(22)9-11)24(19(27)23-10)20(28)32-13-6-4-12(5-7-13)25(29)30/h3-9,17H,1-2H3,(H,23,27). The van der Waals surface area contributed by atoms with Crippen LogP contribution in [-0.4, -0.2) is 35.0 Å². The Morgan fingerprint density at radius 1 is 1.12 bits per heavy atom. The number of halogens is 2. The highest BCUT2D eigenvalue weighted by Crippen LogP contribution is 2.35. The molecule has 166 valence electrons. The number of hydrogen-bond acceptors (Lipinski definition) is 7. The Hall–Kier alpha value is -4.35. The van der Waals surface area contributed by atoms with Crippen molar-refractivity contribution in [3.63, 3.8) is 0 Å². The van der Waals surface area contributed by atoms with E-state index >= 15 is 0 Å². The van der Waals surface area contributed by atoms with E-state index in [-0.39, 0.29) is 28.3 Å². The van der Waals surface area contributed by atoms with Crippen LogP contribution < -0.4 is 10.1 Å². The SMILES string of the molecule is COC(=O)C1=C(C)NC(=O)N(C(=O)Oc2ccc([N+](=O)[O-])cc2)C1c1ccc(F)c(F)c1. The maximum absolute atomic E-state index is 13.9. The Balaban J connectivity index is 2.05. The average Bonchev–Trinajstić information content (AvgIpc) is 2.75. The molecule has 1 unspecified atom stereocenters. The van der Waals surface area contributed by atoms with Crippen LogP contribution in [0.3, 0.4) is 0 Å². The number of nitrogens with zero attached hydrogens (tertiary/aromatic N) is 2. The zero-order chi connectivity index (χ0) is 23.6.